The van der Waals surface area contributed by atoms with Gasteiger partial charge in [0.25, 0.3) is 0 Å². The summed E-state index contributed by atoms with van der Waals surface area (Å²) in [4.78, 5) is 4.35. The van der Waals surface area contributed by atoms with Gasteiger partial charge in [0, 0.05) is 23.9 Å². The first-order valence-electron chi connectivity index (χ1n) is 6.76. The molecule has 0 aliphatic rings. The van der Waals surface area contributed by atoms with E-state index in [2.05, 4.69) is 10.3 Å². The lowest BCUT2D eigenvalue weighted by Crippen LogP contribution is -2.23. The Morgan fingerprint density at radius 3 is 2.70 bits per heavy atom. The Bertz CT molecular complexity index is 678. The van der Waals surface area contributed by atoms with Crippen LogP contribution < -0.4 is 5.32 Å². The Morgan fingerprint density at radius 1 is 1.25 bits per heavy atom. The number of pyridine rings is 1. The lowest BCUT2D eigenvalue weighted by atomic mass is 10.00. The molecule has 0 amide bonds. The van der Waals surface area contributed by atoms with Crippen LogP contribution in [-0.4, -0.2) is 32.0 Å². The van der Waals surface area contributed by atoms with E-state index in [1.54, 1.807) is 6.20 Å². The van der Waals surface area contributed by atoms with Crippen LogP contribution in [-0.2, 0) is 9.84 Å². The fourth-order valence-corrected chi connectivity index (χ4v) is 3.03. The fraction of sp³-hybridized carbons (Fsp3) is 0.400. The van der Waals surface area contributed by atoms with Gasteiger partial charge in [-0.25, -0.2) is 8.42 Å². The third-order valence-corrected chi connectivity index (χ3v) is 4.26. The van der Waals surface area contributed by atoms with Gasteiger partial charge < -0.3 is 5.32 Å². The number of aromatic nitrogens is 1. The van der Waals surface area contributed by atoms with Gasteiger partial charge in [-0.15, -0.1) is 0 Å². The Kier molecular flexibility index (Phi) is 4.73. The first kappa shape index (κ1) is 14.9. The molecule has 0 radical (unpaired) electrons. The minimum atomic E-state index is -2.95. The summed E-state index contributed by atoms with van der Waals surface area (Å²) in [6.45, 7) is 2.82. The molecule has 1 atom stereocenters. The number of rotatable bonds is 6. The van der Waals surface area contributed by atoms with Gasteiger partial charge in [0.1, 0.15) is 9.84 Å². The quantitative estimate of drug-likeness (QED) is 0.887. The van der Waals surface area contributed by atoms with E-state index < -0.39 is 9.84 Å². The van der Waals surface area contributed by atoms with Crippen molar-refractivity contribution in [1.29, 1.82) is 0 Å². The van der Waals surface area contributed by atoms with Gasteiger partial charge in [-0.05, 0) is 30.7 Å². The van der Waals surface area contributed by atoms with Crippen LogP contribution in [0.2, 0.25) is 0 Å². The molecule has 0 bridgehead atoms. The molecule has 1 heterocycles. The molecular weight excluding hydrogens is 272 g/mol. The van der Waals surface area contributed by atoms with Crippen molar-refractivity contribution in [3.05, 3.63) is 42.1 Å². The standard InChI is InChI=1S/C15H20N2O2S/c1-3-16-15(9-11-20(2,18)19)13-8-10-17-14-7-5-4-6-12(13)14/h4-8,10,15-16H,3,9,11H2,1-2H3. The van der Waals surface area contributed by atoms with Crippen LogP contribution in [0.4, 0.5) is 0 Å². The van der Waals surface area contributed by atoms with Crippen LogP contribution in [0.1, 0.15) is 24.9 Å². The molecule has 0 spiro atoms. The topological polar surface area (TPSA) is 59.1 Å². The Hall–Kier alpha value is -1.46. The number of hydrogen-bond acceptors (Lipinski definition) is 4. The van der Waals surface area contributed by atoms with E-state index in [4.69, 9.17) is 0 Å². The Labute approximate surface area is 120 Å². The van der Waals surface area contributed by atoms with Gasteiger partial charge >= 0.3 is 0 Å². The van der Waals surface area contributed by atoms with Crippen LogP contribution >= 0.6 is 0 Å². The molecule has 5 heteroatoms. The highest BCUT2D eigenvalue weighted by atomic mass is 32.2. The van der Waals surface area contributed by atoms with E-state index in [1.165, 1.54) is 6.26 Å². The summed E-state index contributed by atoms with van der Waals surface area (Å²) in [7, 11) is -2.95. The molecule has 0 fully saturated rings. The summed E-state index contributed by atoms with van der Waals surface area (Å²) < 4.78 is 22.8. The van der Waals surface area contributed by atoms with Crippen molar-refractivity contribution in [3.8, 4) is 0 Å². The highest BCUT2D eigenvalue weighted by Gasteiger charge is 2.16. The summed E-state index contributed by atoms with van der Waals surface area (Å²) in [6, 6.07) is 9.94. The van der Waals surface area contributed by atoms with E-state index in [0.717, 1.165) is 23.0 Å². The number of nitrogens with one attached hydrogen (secondary N) is 1. The van der Waals surface area contributed by atoms with Crippen molar-refractivity contribution in [2.24, 2.45) is 0 Å². The number of para-hydroxylation sites is 1. The van der Waals surface area contributed by atoms with Crippen molar-refractivity contribution in [2.75, 3.05) is 18.6 Å². The normalized spacial score (nSPS) is 13.5. The molecule has 2 rings (SSSR count). The highest BCUT2D eigenvalue weighted by Crippen LogP contribution is 2.25. The van der Waals surface area contributed by atoms with Crippen LogP contribution in [0.3, 0.4) is 0 Å². The summed E-state index contributed by atoms with van der Waals surface area (Å²) >= 11 is 0. The van der Waals surface area contributed by atoms with Gasteiger partial charge in [-0.3, -0.25) is 4.98 Å². The first-order valence-corrected chi connectivity index (χ1v) is 8.82. The fourth-order valence-electron chi connectivity index (χ4n) is 2.37. The predicted molar refractivity (Wildman–Crippen MR) is 82.5 cm³/mol. The number of sulfone groups is 1. The Morgan fingerprint density at radius 2 is 2.00 bits per heavy atom. The van der Waals surface area contributed by atoms with Gasteiger partial charge in [-0.1, -0.05) is 25.1 Å². The van der Waals surface area contributed by atoms with E-state index in [-0.39, 0.29) is 11.8 Å². The molecular formula is C15H20N2O2S. The first-order chi connectivity index (χ1) is 9.51. The largest absolute Gasteiger partial charge is 0.310 e. The van der Waals surface area contributed by atoms with Crippen LogP contribution in [0, 0.1) is 0 Å². The van der Waals surface area contributed by atoms with E-state index in [9.17, 15) is 8.42 Å². The van der Waals surface area contributed by atoms with Crippen LogP contribution in [0.25, 0.3) is 10.9 Å². The molecule has 1 unspecified atom stereocenters. The van der Waals surface area contributed by atoms with Crippen molar-refractivity contribution in [1.82, 2.24) is 10.3 Å². The second-order valence-electron chi connectivity index (χ2n) is 4.95. The third-order valence-electron chi connectivity index (χ3n) is 3.29. The van der Waals surface area contributed by atoms with E-state index in [0.29, 0.717) is 6.42 Å². The molecule has 0 saturated heterocycles. The van der Waals surface area contributed by atoms with Crippen molar-refractivity contribution < 1.29 is 8.42 Å². The van der Waals surface area contributed by atoms with Crippen LogP contribution in [0.15, 0.2) is 36.5 Å². The predicted octanol–water partition coefficient (Wildman–Crippen LogP) is 2.32. The minimum Gasteiger partial charge on any atom is -0.310 e. The second kappa shape index (κ2) is 6.33. The van der Waals surface area contributed by atoms with Crippen molar-refractivity contribution in [3.63, 3.8) is 0 Å². The Balaban J connectivity index is 2.36. The average Bonchev–Trinajstić information content (AvgIpc) is 2.42. The molecule has 2 aromatic rings. The highest BCUT2D eigenvalue weighted by molar-refractivity contribution is 7.90. The maximum atomic E-state index is 11.4. The molecule has 1 aromatic carbocycles. The number of fused-ring (bicyclic) bond motifs is 1. The van der Waals surface area contributed by atoms with Crippen molar-refractivity contribution >= 4 is 20.7 Å². The number of benzene rings is 1. The summed E-state index contributed by atoms with van der Waals surface area (Å²) in [5.74, 6) is 0.182. The van der Waals surface area contributed by atoms with Gasteiger partial charge in [0.05, 0.1) is 11.3 Å². The lowest BCUT2D eigenvalue weighted by Gasteiger charge is -2.19. The number of hydrogen-bond donors (Lipinski definition) is 1. The third kappa shape index (κ3) is 3.77. The minimum absolute atomic E-state index is 0.0302. The summed E-state index contributed by atoms with van der Waals surface area (Å²) in [6.07, 6.45) is 3.63. The maximum absolute atomic E-state index is 11.4. The SMILES string of the molecule is CCNC(CCS(C)(=O)=O)c1ccnc2ccccc12. The van der Waals surface area contributed by atoms with Gasteiger partial charge in [0.2, 0.25) is 0 Å². The average molecular weight is 292 g/mol. The summed E-state index contributed by atoms with van der Waals surface area (Å²) in [5, 5.41) is 4.45. The van der Waals surface area contributed by atoms with Crippen molar-refractivity contribution in [2.45, 2.75) is 19.4 Å². The molecule has 4 nitrogen and oxygen atoms in total. The van der Waals surface area contributed by atoms with Gasteiger partial charge in [0.15, 0.2) is 0 Å². The number of nitrogens with zero attached hydrogens (tertiary/aromatic N) is 1. The lowest BCUT2D eigenvalue weighted by molar-refractivity contribution is 0.532. The molecule has 108 valence electrons. The molecule has 0 aliphatic carbocycles. The molecule has 1 aromatic heterocycles. The second-order valence-corrected chi connectivity index (χ2v) is 7.21. The maximum Gasteiger partial charge on any atom is 0.147 e. The smallest absolute Gasteiger partial charge is 0.147 e. The van der Waals surface area contributed by atoms with E-state index >= 15 is 0 Å². The monoisotopic (exact) mass is 292 g/mol. The molecule has 20 heavy (non-hydrogen) atoms. The van der Waals surface area contributed by atoms with Gasteiger partial charge in [-0.2, -0.15) is 0 Å². The zero-order valence-corrected chi connectivity index (χ0v) is 12.7. The zero-order valence-electron chi connectivity index (χ0n) is 11.8. The summed E-state index contributed by atoms with van der Waals surface area (Å²) in [5.41, 5.74) is 2.05. The zero-order chi connectivity index (χ0) is 14.6. The van der Waals surface area contributed by atoms with Crippen LogP contribution in [0.5, 0.6) is 0 Å². The molecule has 0 saturated carbocycles. The van der Waals surface area contributed by atoms with E-state index in [1.807, 2.05) is 37.3 Å². The molecule has 1 N–H and O–H groups in total. The molecule has 0 aliphatic heterocycles.